The molecule has 0 amide bonds. The Labute approximate surface area is 260 Å². The van der Waals surface area contributed by atoms with Crippen molar-refractivity contribution in [2.75, 3.05) is 0 Å². The largest absolute Gasteiger partial charge is 2.00 e. The Morgan fingerprint density at radius 3 is 1.24 bits per heavy atom. The number of benzene rings is 4. The molecule has 0 unspecified atom stereocenters. The van der Waals surface area contributed by atoms with E-state index in [1.807, 2.05) is 0 Å². The molecule has 3 heteroatoms. The van der Waals surface area contributed by atoms with E-state index >= 15 is 0 Å². The van der Waals surface area contributed by atoms with Gasteiger partial charge in [0, 0.05) is 0 Å². The van der Waals surface area contributed by atoms with Crippen molar-refractivity contribution in [2.24, 2.45) is 0 Å². The van der Waals surface area contributed by atoms with Crippen molar-refractivity contribution in [3.05, 3.63) is 122 Å². The van der Waals surface area contributed by atoms with Crippen molar-refractivity contribution in [1.82, 2.24) is 0 Å². The van der Waals surface area contributed by atoms with Crippen LogP contribution in [0.1, 0.15) is 57.1 Å². The molecule has 0 spiro atoms. The topological polar surface area (TPSA) is 0 Å². The van der Waals surface area contributed by atoms with Crippen molar-refractivity contribution >= 4 is 43.1 Å². The molecule has 0 saturated heterocycles. The fraction of sp³-hybridized carbons (Fsp3) is 0.200. The van der Waals surface area contributed by atoms with E-state index < -0.39 is 0 Å². The monoisotopic (exact) mass is 616 g/mol. The van der Waals surface area contributed by atoms with Crippen LogP contribution in [0.25, 0.3) is 43.1 Å². The average Bonchev–Trinajstić information content (AvgIpc) is 3.50. The smallest absolute Gasteiger partial charge is 1.00 e. The van der Waals surface area contributed by atoms with Crippen molar-refractivity contribution < 1.29 is 51.0 Å². The molecule has 6 aromatic rings. The van der Waals surface area contributed by atoms with E-state index in [0.29, 0.717) is 11.8 Å². The Kier molecular flexibility index (Phi) is 14.0. The maximum atomic E-state index is 3.38. The first-order valence-electron chi connectivity index (χ1n) is 12.7. The van der Waals surface area contributed by atoms with Gasteiger partial charge >= 0.3 is 26.2 Å². The van der Waals surface area contributed by atoms with E-state index in [2.05, 4.69) is 139 Å². The zero-order chi connectivity index (χ0) is 24.9. The number of fused-ring (bicyclic) bond motifs is 6. The van der Waals surface area contributed by atoms with E-state index in [0.717, 1.165) is 6.42 Å². The minimum atomic E-state index is 0. The van der Waals surface area contributed by atoms with Crippen LogP contribution >= 0.6 is 0 Å². The van der Waals surface area contributed by atoms with Gasteiger partial charge in [-0.1, -0.05) is 99.1 Å². The van der Waals surface area contributed by atoms with Crippen LogP contribution < -0.4 is 24.8 Å². The van der Waals surface area contributed by atoms with E-state index in [1.54, 1.807) is 0 Å². The zero-order valence-corrected chi connectivity index (χ0v) is 26.7. The zero-order valence-electron chi connectivity index (χ0n) is 22.8. The minimum absolute atomic E-state index is 0. The van der Waals surface area contributed by atoms with Gasteiger partial charge in [0.1, 0.15) is 0 Å². The van der Waals surface area contributed by atoms with Crippen molar-refractivity contribution in [2.45, 2.75) is 46.0 Å². The number of hydrogen-bond donors (Lipinski definition) is 0. The van der Waals surface area contributed by atoms with Gasteiger partial charge in [-0.3, -0.25) is 0 Å². The molecular weight excluding hydrogens is 583 g/mol. The summed E-state index contributed by atoms with van der Waals surface area (Å²) in [5.41, 5.74) is 2.87. The second-order valence-electron chi connectivity index (χ2n) is 9.82. The Balaban J connectivity index is 0.000000322. The van der Waals surface area contributed by atoms with Gasteiger partial charge in [0.05, 0.1) is 0 Å². The van der Waals surface area contributed by atoms with Gasteiger partial charge in [0.25, 0.3) is 0 Å². The molecule has 0 atom stereocenters. The molecule has 0 aromatic heterocycles. The van der Waals surface area contributed by atoms with Crippen LogP contribution in [0.2, 0.25) is 0 Å². The SMILES string of the molecule is CC(C)c1cc2c(ccc3ccccc32)[cH-]1.CC(C)c1cc2c(ccc3ccccc32)[cH-]1.[CH2-]C[CH2-].[Cl-].[Cl-].[Zr+2]. The van der Waals surface area contributed by atoms with Crippen LogP contribution in [0, 0.1) is 13.8 Å². The van der Waals surface area contributed by atoms with E-state index in [4.69, 9.17) is 0 Å². The maximum Gasteiger partial charge on any atom is 2.00 e. The molecule has 0 bridgehead atoms. The van der Waals surface area contributed by atoms with Gasteiger partial charge < -0.3 is 45.1 Å². The third-order valence-electron chi connectivity index (χ3n) is 6.61. The molecule has 0 N–H and O–H groups in total. The molecule has 0 heterocycles. The van der Waals surface area contributed by atoms with Crippen LogP contribution in [0.3, 0.4) is 0 Å². The van der Waals surface area contributed by atoms with E-state index in [-0.39, 0.29) is 51.0 Å². The van der Waals surface area contributed by atoms with Crippen LogP contribution in [-0.2, 0) is 26.2 Å². The molecule has 6 rings (SSSR count). The summed E-state index contributed by atoms with van der Waals surface area (Å²) in [4.78, 5) is 0. The van der Waals surface area contributed by atoms with E-state index in [1.165, 1.54) is 54.2 Å². The van der Waals surface area contributed by atoms with Gasteiger partial charge in [0.15, 0.2) is 0 Å². The summed E-state index contributed by atoms with van der Waals surface area (Å²) in [6.07, 6.45) is 0.750. The molecule has 0 saturated carbocycles. The Morgan fingerprint density at radius 2 is 0.895 bits per heavy atom. The molecule has 0 aliphatic heterocycles. The summed E-state index contributed by atoms with van der Waals surface area (Å²) in [5, 5.41) is 10.9. The molecule has 0 aliphatic carbocycles. The fourth-order valence-corrected chi connectivity index (χ4v) is 4.64. The summed E-state index contributed by atoms with van der Waals surface area (Å²) in [6, 6.07) is 35.4. The standard InChI is InChI=1S/2C16H15.C3H6.2ClH.Zr/c2*1-11(2)14-9-13-8-7-12-5-3-4-6-15(12)16(13)10-14;1-3-2;;;/h2*3-11H,1-2H3;1-3H2;2*1H;/q2*-1;-2;;;+2/p-2. The summed E-state index contributed by atoms with van der Waals surface area (Å²) in [6.45, 7) is 15.7. The van der Waals surface area contributed by atoms with Crippen molar-refractivity contribution in [3.63, 3.8) is 0 Å². The van der Waals surface area contributed by atoms with Gasteiger partial charge in [-0.15, -0.1) is 56.9 Å². The first-order chi connectivity index (χ1) is 16.9. The summed E-state index contributed by atoms with van der Waals surface area (Å²) in [5.74, 6) is 1.21. The van der Waals surface area contributed by atoms with Gasteiger partial charge in [-0.25, -0.2) is 0 Å². The first kappa shape index (κ1) is 34.1. The van der Waals surface area contributed by atoms with Crippen molar-refractivity contribution in [1.29, 1.82) is 0 Å². The van der Waals surface area contributed by atoms with Crippen LogP contribution in [-0.4, -0.2) is 0 Å². The third kappa shape index (κ3) is 7.59. The second-order valence-corrected chi connectivity index (χ2v) is 9.82. The minimum Gasteiger partial charge on any atom is -1.00 e. The van der Waals surface area contributed by atoms with Crippen LogP contribution in [0.15, 0.2) is 97.1 Å². The molecule has 6 aromatic carbocycles. The Bertz CT molecular complexity index is 1430. The summed E-state index contributed by atoms with van der Waals surface area (Å²) in [7, 11) is 0. The molecule has 38 heavy (non-hydrogen) atoms. The number of halogens is 2. The van der Waals surface area contributed by atoms with E-state index in [9.17, 15) is 0 Å². The predicted octanol–water partition coefficient (Wildman–Crippen LogP) is 4.72. The van der Waals surface area contributed by atoms with Gasteiger partial charge in [-0.05, 0) is 22.6 Å². The van der Waals surface area contributed by atoms with Gasteiger partial charge in [0.2, 0.25) is 0 Å². The maximum absolute atomic E-state index is 3.38. The normalized spacial score (nSPS) is 10.3. The summed E-state index contributed by atoms with van der Waals surface area (Å²) < 4.78 is 0. The Morgan fingerprint density at radius 1 is 0.553 bits per heavy atom. The second kappa shape index (κ2) is 15.6. The fourth-order valence-electron chi connectivity index (χ4n) is 4.64. The van der Waals surface area contributed by atoms with Crippen LogP contribution in [0.5, 0.6) is 0 Å². The molecule has 198 valence electrons. The summed E-state index contributed by atoms with van der Waals surface area (Å²) >= 11 is 0. The predicted molar refractivity (Wildman–Crippen MR) is 158 cm³/mol. The Hall–Kier alpha value is -1.92. The molecule has 0 fully saturated rings. The molecule has 0 aliphatic rings. The molecule has 0 nitrogen and oxygen atoms in total. The third-order valence-corrected chi connectivity index (χ3v) is 6.61. The van der Waals surface area contributed by atoms with Gasteiger partial charge in [-0.2, -0.15) is 12.1 Å². The average molecular weight is 619 g/mol. The van der Waals surface area contributed by atoms with Crippen LogP contribution in [0.4, 0.5) is 0 Å². The van der Waals surface area contributed by atoms with Crippen molar-refractivity contribution in [3.8, 4) is 0 Å². The molecular formula is C35H36Cl2Zr-4. The number of rotatable bonds is 2. The number of hydrogen-bond acceptors (Lipinski definition) is 0. The quantitative estimate of drug-likeness (QED) is 0.247. The molecule has 0 radical (unpaired) electrons. The first-order valence-corrected chi connectivity index (χ1v) is 12.7.